The average Bonchev–Trinajstić information content (AvgIpc) is 2.61. The molecule has 0 N–H and O–H groups in total. The number of hydrogen-bond donors (Lipinski definition) is 0. The molecule has 1 saturated heterocycles. The normalized spacial score (nSPS) is 29.7. The molecule has 0 spiro atoms. The van der Waals surface area contributed by atoms with Crippen LogP contribution in [0.1, 0.15) is 19.8 Å². The van der Waals surface area contributed by atoms with Crippen LogP contribution in [0.4, 0.5) is 0 Å². The van der Waals surface area contributed by atoms with Crippen LogP contribution in [0.25, 0.3) is 0 Å². The molecule has 1 atom stereocenters. The van der Waals surface area contributed by atoms with Crippen molar-refractivity contribution in [2.45, 2.75) is 19.8 Å². The Labute approximate surface area is 105 Å². The summed E-state index contributed by atoms with van der Waals surface area (Å²) in [5.41, 5.74) is 1.63. The lowest BCUT2D eigenvalue weighted by Crippen LogP contribution is -2.25. The number of allylic oxidation sites excluding steroid dienone is 6. The Balaban J connectivity index is 2.21. The highest BCUT2D eigenvalue weighted by atomic mass is 32.2. The average molecular weight is 264 g/mol. The molecule has 94 valence electrons. The van der Waals surface area contributed by atoms with Crippen molar-refractivity contribution in [1.82, 2.24) is 0 Å². The van der Waals surface area contributed by atoms with E-state index in [9.17, 15) is 18.0 Å². The summed E-state index contributed by atoms with van der Waals surface area (Å²) < 4.78 is 23.9. The molecule has 1 aliphatic heterocycles. The van der Waals surface area contributed by atoms with Crippen molar-refractivity contribution < 1.29 is 18.0 Å². The Morgan fingerprint density at radius 1 is 1.17 bits per heavy atom. The molecule has 0 aromatic rings. The molecule has 4 nitrogen and oxygen atoms in total. The molecule has 3 aliphatic rings. The van der Waals surface area contributed by atoms with Crippen LogP contribution in [0.3, 0.4) is 0 Å². The topological polar surface area (TPSA) is 68.3 Å². The van der Waals surface area contributed by atoms with Gasteiger partial charge in [0.1, 0.15) is 0 Å². The minimum atomic E-state index is -3.23. The van der Waals surface area contributed by atoms with Gasteiger partial charge in [-0.3, -0.25) is 9.59 Å². The van der Waals surface area contributed by atoms with E-state index in [2.05, 4.69) is 0 Å². The third kappa shape index (κ3) is 1.40. The minimum absolute atomic E-state index is 0.0757. The van der Waals surface area contributed by atoms with E-state index in [1.165, 1.54) is 12.2 Å². The smallest absolute Gasteiger partial charge is 0.183 e. The number of ketones is 2. The largest absolute Gasteiger partial charge is 0.290 e. The van der Waals surface area contributed by atoms with Crippen LogP contribution < -0.4 is 0 Å². The monoisotopic (exact) mass is 264 g/mol. The molecule has 1 fully saturated rings. The van der Waals surface area contributed by atoms with Crippen LogP contribution in [0.2, 0.25) is 0 Å². The van der Waals surface area contributed by atoms with E-state index in [0.29, 0.717) is 28.0 Å². The van der Waals surface area contributed by atoms with Crippen molar-refractivity contribution in [3.8, 4) is 0 Å². The van der Waals surface area contributed by atoms with Crippen LogP contribution >= 0.6 is 0 Å². The molecule has 0 aromatic carbocycles. The van der Waals surface area contributed by atoms with Gasteiger partial charge in [0, 0.05) is 17.1 Å². The van der Waals surface area contributed by atoms with E-state index in [0.717, 1.165) is 0 Å². The van der Waals surface area contributed by atoms with Crippen LogP contribution in [0.15, 0.2) is 33.8 Å². The SMILES string of the molecule is CC1=C2C(CCS2(=O)=O)C2=C(C1)C(=O)C=CC2=O. The van der Waals surface area contributed by atoms with E-state index in [1.807, 2.05) is 0 Å². The summed E-state index contributed by atoms with van der Waals surface area (Å²) in [5, 5.41) is 0. The summed E-state index contributed by atoms with van der Waals surface area (Å²) in [4.78, 5) is 24.1. The third-order valence-corrected chi connectivity index (χ3v) is 5.89. The Morgan fingerprint density at radius 3 is 2.56 bits per heavy atom. The highest BCUT2D eigenvalue weighted by Crippen LogP contribution is 2.45. The molecular formula is C13H12O4S. The van der Waals surface area contributed by atoms with Gasteiger partial charge in [-0.2, -0.15) is 0 Å². The number of carbonyl (C=O) groups excluding carboxylic acids is 2. The number of carbonyl (C=O) groups is 2. The summed E-state index contributed by atoms with van der Waals surface area (Å²) in [6.07, 6.45) is 3.24. The van der Waals surface area contributed by atoms with Crippen molar-refractivity contribution in [3.05, 3.63) is 33.8 Å². The molecular weight excluding hydrogens is 252 g/mol. The van der Waals surface area contributed by atoms with Gasteiger partial charge >= 0.3 is 0 Å². The lowest BCUT2D eigenvalue weighted by atomic mass is 9.77. The van der Waals surface area contributed by atoms with Gasteiger partial charge in [0.2, 0.25) is 0 Å². The van der Waals surface area contributed by atoms with Gasteiger partial charge in [-0.1, -0.05) is 5.57 Å². The number of hydrogen-bond acceptors (Lipinski definition) is 4. The van der Waals surface area contributed by atoms with Gasteiger partial charge in [0.25, 0.3) is 0 Å². The van der Waals surface area contributed by atoms with Gasteiger partial charge in [0.05, 0.1) is 10.7 Å². The first-order valence-corrected chi connectivity index (χ1v) is 7.49. The maximum Gasteiger partial charge on any atom is 0.183 e. The van der Waals surface area contributed by atoms with Gasteiger partial charge in [-0.25, -0.2) is 8.42 Å². The quantitative estimate of drug-likeness (QED) is 0.614. The first-order valence-electron chi connectivity index (χ1n) is 5.84. The summed E-state index contributed by atoms with van der Waals surface area (Å²) >= 11 is 0. The lowest BCUT2D eigenvalue weighted by Gasteiger charge is -2.26. The third-order valence-electron chi connectivity index (χ3n) is 3.81. The zero-order chi connectivity index (χ0) is 13.1. The molecule has 0 aromatic heterocycles. The van der Waals surface area contributed by atoms with Crippen molar-refractivity contribution in [2.75, 3.05) is 5.75 Å². The number of sulfone groups is 1. The van der Waals surface area contributed by atoms with Gasteiger partial charge in [0.15, 0.2) is 21.4 Å². The summed E-state index contributed by atoms with van der Waals surface area (Å²) in [5.74, 6) is -0.684. The number of fused-ring (bicyclic) bond motifs is 2. The molecule has 2 aliphatic carbocycles. The molecule has 5 heteroatoms. The fourth-order valence-corrected chi connectivity index (χ4v) is 5.15. The summed E-state index contributed by atoms with van der Waals surface area (Å²) in [6.45, 7) is 1.74. The Kier molecular flexibility index (Phi) is 2.26. The van der Waals surface area contributed by atoms with Crippen LogP contribution in [0, 0.1) is 5.92 Å². The maximum absolute atomic E-state index is 12.0. The fraction of sp³-hybridized carbons (Fsp3) is 0.385. The van der Waals surface area contributed by atoms with Gasteiger partial charge < -0.3 is 0 Å². The van der Waals surface area contributed by atoms with Crippen molar-refractivity contribution in [3.63, 3.8) is 0 Å². The van der Waals surface area contributed by atoms with E-state index >= 15 is 0 Å². The van der Waals surface area contributed by atoms with Crippen LogP contribution in [-0.2, 0) is 19.4 Å². The van der Waals surface area contributed by atoms with Gasteiger partial charge in [-0.05, 0) is 31.9 Å². The van der Waals surface area contributed by atoms with E-state index in [4.69, 9.17) is 0 Å². The highest BCUT2D eigenvalue weighted by Gasteiger charge is 2.44. The highest BCUT2D eigenvalue weighted by molar-refractivity contribution is 7.95. The number of rotatable bonds is 0. The second kappa shape index (κ2) is 3.51. The predicted octanol–water partition coefficient (Wildman–Crippen LogP) is 1.10. The standard InChI is InChI=1S/C13H12O4S/c1-7-6-9-10(14)2-3-11(15)12(9)8-4-5-18(16,17)13(7)8/h2-3,8H,4-6H2,1H3. The summed E-state index contributed by atoms with van der Waals surface area (Å²) in [6, 6.07) is 0. The molecule has 0 radical (unpaired) electrons. The molecule has 0 saturated carbocycles. The van der Waals surface area contributed by atoms with Crippen molar-refractivity contribution >= 4 is 21.4 Å². The second-order valence-corrected chi connectivity index (χ2v) is 7.01. The molecule has 3 rings (SSSR count). The molecule has 1 unspecified atom stereocenters. The van der Waals surface area contributed by atoms with Crippen molar-refractivity contribution in [1.29, 1.82) is 0 Å². The second-order valence-electron chi connectivity index (χ2n) is 4.94. The molecule has 1 heterocycles. The van der Waals surface area contributed by atoms with E-state index < -0.39 is 9.84 Å². The first kappa shape index (κ1) is 11.6. The molecule has 18 heavy (non-hydrogen) atoms. The fourth-order valence-electron chi connectivity index (χ4n) is 3.11. The van der Waals surface area contributed by atoms with Gasteiger partial charge in [-0.15, -0.1) is 0 Å². The van der Waals surface area contributed by atoms with Crippen LogP contribution in [0.5, 0.6) is 0 Å². The molecule has 0 amide bonds. The lowest BCUT2D eigenvalue weighted by molar-refractivity contribution is -0.115. The maximum atomic E-state index is 12.0. The van der Waals surface area contributed by atoms with E-state index in [1.54, 1.807) is 6.92 Å². The zero-order valence-electron chi connectivity index (χ0n) is 9.89. The predicted molar refractivity (Wildman–Crippen MR) is 65.4 cm³/mol. The summed E-state index contributed by atoms with van der Waals surface area (Å²) in [7, 11) is -3.23. The zero-order valence-corrected chi connectivity index (χ0v) is 10.7. The van der Waals surface area contributed by atoms with Crippen molar-refractivity contribution in [2.24, 2.45) is 5.92 Å². The molecule has 0 bridgehead atoms. The Morgan fingerprint density at radius 2 is 1.83 bits per heavy atom. The Bertz CT molecular complexity index is 674. The van der Waals surface area contributed by atoms with E-state index in [-0.39, 0.29) is 29.7 Å². The minimum Gasteiger partial charge on any atom is -0.290 e. The van der Waals surface area contributed by atoms with Crippen LogP contribution in [-0.4, -0.2) is 25.7 Å². The Hall–Kier alpha value is -1.49. The first-order chi connectivity index (χ1) is 8.42.